The van der Waals surface area contributed by atoms with Crippen LogP contribution in [0.15, 0.2) is 18.2 Å². The fraction of sp³-hybridized carbons (Fsp3) is 0.500. The van der Waals surface area contributed by atoms with Gasteiger partial charge in [-0.05, 0) is 44.1 Å². The lowest BCUT2D eigenvalue weighted by molar-refractivity contribution is 0.227. The van der Waals surface area contributed by atoms with Crippen molar-refractivity contribution >= 4 is 11.4 Å². The molecule has 0 aliphatic carbocycles. The fourth-order valence-corrected chi connectivity index (χ4v) is 2.46. The quantitative estimate of drug-likeness (QED) is 0.799. The van der Waals surface area contributed by atoms with E-state index in [1.54, 1.807) is 6.07 Å². The minimum atomic E-state index is 0.425. The van der Waals surface area contributed by atoms with Gasteiger partial charge in [0.1, 0.15) is 6.07 Å². The second-order valence-electron chi connectivity index (χ2n) is 4.79. The molecule has 2 rings (SSSR count). The highest BCUT2D eigenvalue weighted by molar-refractivity contribution is 5.63. The van der Waals surface area contributed by atoms with E-state index >= 15 is 0 Å². The van der Waals surface area contributed by atoms with Gasteiger partial charge < -0.3 is 16.0 Å². The van der Waals surface area contributed by atoms with Gasteiger partial charge in [-0.15, -0.1) is 0 Å². The van der Waals surface area contributed by atoms with Gasteiger partial charge in [0.05, 0.1) is 11.3 Å². The summed E-state index contributed by atoms with van der Waals surface area (Å²) in [5.41, 5.74) is 7.85. The Bertz CT molecular complexity index is 450. The van der Waals surface area contributed by atoms with Gasteiger partial charge in [0.15, 0.2) is 0 Å². The van der Waals surface area contributed by atoms with Crippen molar-refractivity contribution in [2.24, 2.45) is 0 Å². The summed E-state index contributed by atoms with van der Waals surface area (Å²) in [7, 11) is 0. The Kier molecular flexibility index (Phi) is 4.06. The number of piperidine rings is 1. The normalized spacial score (nSPS) is 20.3. The smallest absolute Gasteiger partial charge is 0.101 e. The molecule has 1 aliphatic rings. The zero-order valence-electron chi connectivity index (χ0n) is 10.8. The van der Waals surface area contributed by atoms with Crippen LogP contribution in [-0.4, -0.2) is 30.6 Å². The van der Waals surface area contributed by atoms with Crippen molar-refractivity contribution in [3.05, 3.63) is 23.8 Å². The number of nitriles is 1. The second-order valence-corrected chi connectivity index (χ2v) is 4.79. The molecule has 4 heteroatoms. The van der Waals surface area contributed by atoms with Crippen molar-refractivity contribution < 1.29 is 0 Å². The molecular weight excluding hydrogens is 224 g/mol. The molecule has 1 saturated heterocycles. The number of nitrogens with two attached hydrogens (primary N) is 1. The molecule has 1 aromatic carbocycles. The third-order valence-electron chi connectivity index (χ3n) is 3.48. The number of benzene rings is 1. The zero-order valence-corrected chi connectivity index (χ0v) is 10.8. The lowest BCUT2D eigenvalue weighted by Gasteiger charge is -2.33. The first-order valence-electron chi connectivity index (χ1n) is 6.51. The van der Waals surface area contributed by atoms with Crippen molar-refractivity contribution in [2.75, 3.05) is 30.7 Å². The number of rotatable bonds is 3. The summed E-state index contributed by atoms with van der Waals surface area (Å²) in [6.45, 7) is 5.50. The predicted octanol–water partition coefficient (Wildman–Crippen LogP) is 2.04. The Morgan fingerprint density at radius 2 is 2.39 bits per heavy atom. The average molecular weight is 244 g/mol. The predicted molar refractivity (Wildman–Crippen MR) is 74.3 cm³/mol. The van der Waals surface area contributed by atoms with Crippen LogP contribution in [0.5, 0.6) is 0 Å². The lowest BCUT2D eigenvalue weighted by atomic mass is 10.0. The molecule has 1 heterocycles. The molecule has 1 fully saturated rings. The Labute approximate surface area is 108 Å². The molecule has 0 bridgehead atoms. The van der Waals surface area contributed by atoms with Crippen molar-refractivity contribution in [3.63, 3.8) is 0 Å². The molecule has 96 valence electrons. The number of hydrogen-bond donors (Lipinski definition) is 2. The monoisotopic (exact) mass is 244 g/mol. The molecule has 4 nitrogen and oxygen atoms in total. The van der Waals surface area contributed by atoms with Crippen LogP contribution in [-0.2, 0) is 0 Å². The van der Waals surface area contributed by atoms with Crippen LogP contribution in [0, 0.1) is 11.3 Å². The fourth-order valence-electron chi connectivity index (χ4n) is 2.46. The summed E-state index contributed by atoms with van der Waals surface area (Å²) >= 11 is 0. The summed E-state index contributed by atoms with van der Waals surface area (Å²) in [5.74, 6) is 0. The summed E-state index contributed by atoms with van der Waals surface area (Å²) in [4.78, 5) is 2.44. The van der Waals surface area contributed by atoms with E-state index in [0.717, 1.165) is 25.2 Å². The second kappa shape index (κ2) is 5.74. The van der Waals surface area contributed by atoms with Crippen LogP contribution in [0.1, 0.15) is 25.3 Å². The van der Waals surface area contributed by atoms with E-state index in [1.807, 2.05) is 12.1 Å². The van der Waals surface area contributed by atoms with Gasteiger partial charge in [0.2, 0.25) is 0 Å². The molecule has 18 heavy (non-hydrogen) atoms. The first-order chi connectivity index (χ1) is 8.72. The Morgan fingerprint density at radius 3 is 3.11 bits per heavy atom. The van der Waals surface area contributed by atoms with Crippen LogP contribution in [0.2, 0.25) is 0 Å². The standard InChI is InChI=1S/C14H20N4/c1-2-18-7-3-4-13(10-18)17-14-6-5-12(16)8-11(14)9-15/h5-6,8,13,17H,2-4,7,10,16H2,1H3. The van der Waals surface area contributed by atoms with Gasteiger partial charge in [0.25, 0.3) is 0 Å². The van der Waals surface area contributed by atoms with Crippen molar-refractivity contribution in [1.29, 1.82) is 5.26 Å². The average Bonchev–Trinajstić information content (AvgIpc) is 2.41. The van der Waals surface area contributed by atoms with Crippen LogP contribution in [0.25, 0.3) is 0 Å². The zero-order chi connectivity index (χ0) is 13.0. The summed E-state index contributed by atoms with van der Waals surface area (Å²) in [6.07, 6.45) is 2.37. The van der Waals surface area contributed by atoms with Gasteiger partial charge in [-0.25, -0.2) is 0 Å². The number of hydrogen-bond acceptors (Lipinski definition) is 4. The maximum Gasteiger partial charge on any atom is 0.101 e. The van der Waals surface area contributed by atoms with Crippen LogP contribution in [0.3, 0.4) is 0 Å². The maximum absolute atomic E-state index is 9.11. The molecule has 1 aliphatic heterocycles. The summed E-state index contributed by atoms with van der Waals surface area (Å²) in [6, 6.07) is 8.08. The van der Waals surface area contributed by atoms with E-state index in [0.29, 0.717) is 17.3 Å². The largest absolute Gasteiger partial charge is 0.399 e. The third-order valence-corrected chi connectivity index (χ3v) is 3.48. The van der Waals surface area contributed by atoms with Crippen molar-refractivity contribution in [2.45, 2.75) is 25.8 Å². The van der Waals surface area contributed by atoms with Crippen molar-refractivity contribution in [1.82, 2.24) is 4.90 Å². The number of nitrogen functional groups attached to an aromatic ring is 1. The van der Waals surface area contributed by atoms with E-state index in [4.69, 9.17) is 11.0 Å². The van der Waals surface area contributed by atoms with Gasteiger partial charge in [-0.1, -0.05) is 6.92 Å². The Balaban J connectivity index is 2.07. The van der Waals surface area contributed by atoms with Crippen LogP contribution in [0.4, 0.5) is 11.4 Å². The van der Waals surface area contributed by atoms with Gasteiger partial charge >= 0.3 is 0 Å². The minimum absolute atomic E-state index is 0.425. The van der Waals surface area contributed by atoms with E-state index < -0.39 is 0 Å². The summed E-state index contributed by atoms with van der Waals surface area (Å²) in [5, 5.41) is 12.6. The number of anilines is 2. The molecular formula is C14H20N4. The number of nitrogens with zero attached hydrogens (tertiary/aromatic N) is 2. The molecule has 1 aromatic rings. The number of likely N-dealkylation sites (tertiary alicyclic amines) is 1. The Hall–Kier alpha value is -1.73. The van der Waals surface area contributed by atoms with E-state index in [-0.39, 0.29) is 0 Å². The van der Waals surface area contributed by atoms with Crippen LogP contribution >= 0.6 is 0 Å². The molecule has 0 spiro atoms. The molecule has 3 N–H and O–H groups in total. The van der Waals surface area contributed by atoms with E-state index in [9.17, 15) is 0 Å². The first kappa shape index (κ1) is 12.7. The van der Waals surface area contributed by atoms with E-state index in [1.165, 1.54) is 13.0 Å². The highest BCUT2D eigenvalue weighted by Crippen LogP contribution is 2.21. The van der Waals surface area contributed by atoms with Crippen LogP contribution < -0.4 is 11.1 Å². The Morgan fingerprint density at radius 1 is 1.56 bits per heavy atom. The lowest BCUT2D eigenvalue weighted by Crippen LogP contribution is -2.41. The molecule has 0 aromatic heterocycles. The number of likely N-dealkylation sites (N-methyl/N-ethyl adjacent to an activating group) is 1. The molecule has 1 unspecified atom stereocenters. The molecule has 0 amide bonds. The van der Waals surface area contributed by atoms with Gasteiger partial charge in [-0.2, -0.15) is 5.26 Å². The topological polar surface area (TPSA) is 65.1 Å². The highest BCUT2D eigenvalue weighted by Gasteiger charge is 2.19. The minimum Gasteiger partial charge on any atom is -0.399 e. The van der Waals surface area contributed by atoms with Gasteiger partial charge in [0, 0.05) is 18.3 Å². The molecule has 1 atom stereocenters. The third kappa shape index (κ3) is 2.93. The van der Waals surface area contributed by atoms with Crippen molar-refractivity contribution in [3.8, 4) is 6.07 Å². The molecule has 0 saturated carbocycles. The van der Waals surface area contributed by atoms with E-state index in [2.05, 4.69) is 23.2 Å². The highest BCUT2D eigenvalue weighted by atomic mass is 15.2. The first-order valence-corrected chi connectivity index (χ1v) is 6.51. The SMILES string of the molecule is CCN1CCCC(Nc2ccc(N)cc2C#N)C1. The van der Waals surface area contributed by atoms with Gasteiger partial charge in [-0.3, -0.25) is 0 Å². The maximum atomic E-state index is 9.11. The number of nitrogens with one attached hydrogen (secondary N) is 1. The molecule has 0 radical (unpaired) electrons. The summed E-state index contributed by atoms with van der Waals surface area (Å²) < 4.78 is 0.